The van der Waals surface area contributed by atoms with Gasteiger partial charge in [-0.15, -0.1) is 0 Å². The third-order valence-corrected chi connectivity index (χ3v) is 4.05. The quantitative estimate of drug-likeness (QED) is 0.467. The number of nitro groups is 1. The van der Waals surface area contributed by atoms with Crippen molar-refractivity contribution in [3.63, 3.8) is 0 Å². The van der Waals surface area contributed by atoms with E-state index in [2.05, 4.69) is 5.10 Å². The van der Waals surface area contributed by atoms with E-state index in [4.69, 9.17) is 0 Å². The van der Waals surface area contributed by atoms with Crippen molar-refractivity contribution in [2.75, 3.05) is 0 Å². The van der Waals surface area contributed by atoms with E-state index in [1.807, 2.05) is 0 Å². The standard InChI is InChI=1S/C14H12F3N3O3S/c1-3-19-12(11(20(22)23)8(2)18-19)13(21)24-10-6-4-9(5-7-10)14(15,16)17/h4-7H,3H2,1-2H3. The van der Waals surface area contributed by atoms with Gasteiger partial charge in [0.2, 0.25) is 5.12 Å². The fraction of sp³-hybridized carbons (Fsp3) is 0.286. The summed E-state index contributed by atoms with van der Waals surface area (Å²) in [5.74, 6) is 0. The third kappa shape index (κ3) is 3.58. The first-order valence-electron chi connectivity index (χ1n) is 6.76. The molecule has 0 bridgehead atoms. The molecule has 2 rings (SSSR count). The molecule has 0 radical (unpaired) electrons. The molecule has 0 atom stereocenters. The lowest BCUT2D eigenvalue weighted by molar-refractivity contribution is -0.385. The largest absolute Gasteiger partial charge is 0.416 e. The normalized spacial score (nSPS) is 11.5. The maximum Gasteiger partial charge on any atom is 0.416 e. The Balaban J connectivity index is 2.32. The van der Waals surface area contributed by atoms with Gasteiger partial charge in [-0.05, 0) is 49.9 Å². The van der Waals surface area contributed by atoms with Crippen molar-refractivity contribution in [3.8, 4) is 0 Å². The summed E-state index contributed by atoms with van der Waals surface area (Å²) in [5.41, 5.74) is -1.29. The Morgan fingerprint density at radius 1 is 1.33 bits per heavy atom. The average molecular weight is 359 g/mol. The van der Waals surface area contributed by atoms with Crippen LogP contribution in [0.15, 0.2) is 29.2 Å². The first kappa shape index (κ1) is 18.0. The monoisotopic (exact) mass is 359 g/mol. The molecule has 0 aliphatic heterocycles. The van der Waals surface area contributed by atoms with Crippen LogP contribution in [0, 0.1) is 17.0 Å². The minimum absolute atomic E-state index is 0.109. The smallest absolute Gasteiger partial charge is 0.279 e. The molecule has 0 saturated heterocycles. The number of hydrogen-bond acceptors (Lipinski definition) is 5. The molecule has 1 aromatic carbocycles. The summed E-state index contributed by atoms with van der Waals surface area (Å²) in [6, 6.07) is 4.01. The van der Waals surface area contributed by atoms with Crippen LogP contribution in [-0.2, 0) is 12.7 Å². The Morgan fingerprint density at radius 3 is 2.38 bits per heavy atom. The molecule has 0 amide bonds. The Labute approximate surface area is 138 Å². The summed E-state index contributed by atoms with van der Waals surface area (Å²) in [7, 11) is 0. The van der Waals surface area contributed by atoms with Crippen molar-refractivity contribution in [3.05, 3.63) is 51.3 Å². The highest BCUT2D eigenvalue weighted by atomic mass is 32.2. The van der Waals surface area contributed by atoms with Crippen LogP contribution in [0.4, 0.5) is 18.9 Å². The second-order valence-electron chi connectivity index (χ2n) is 4.77. The average Bonchev–Trinajstić information content (AvgIpc) is 2.83. The van der Waals surface area contributed by atoms with Crippen LogP contribution in [0.25, 0.3) is 0 Å². The lowest BCUT2D eigenvalue weighted by Crippen LogP contribution is -2.09. The van der Waals surface area contributed by atoms with Crippen LogP contribution < -0.4 is 0 Å². The van der Waals surface area contributed by atoms with Gasteiger partial charge in [0.15, 0.2) is 5.69 Å². The Kier molecular flexibility index (Phi) is 4.97. The number of carbonyl (C=O) groups is 1. The summed E-state index contributed by atoms with van der Waals surface area (Å²) in [6.45, 7) is 3.35. The topological polar surface area (TPSA) is 78.0 Å². The summed E-state index contributed by atoms with van der Waals surface area (Å²) in [4.78, 5) is 23.1. The van der Waals surface area contributed by atoms with Gasteiger partial charge in [0, 0.05) is 11.4 Å². The zero-order valence-corrected chi connectivity index (χ0v) is 13.4. The van der Waals surface area contributed by atoms with E-state index in [-0.39, 0.29) is 28.5 Å². The number of benzene rings is 1. The van der Waals surface area contributed by atoms with Crippen LogP contribution >= 0.6 is 11.8 Å². The Bertz CT molecular complexity index is 785. The van der Waals surface area contributed by atoms with Crippen molar-refractivity contribution in [2.45, 2.75) is 31.5 Å². The van der Waals surface area contributed by atoms with E-state index in [0.29, 0.717) is 11.8 Å². The van der Waals surface area contributed by atoms with Gasteiger partial charge >= 0.3 is 11.9 Å². The van der Waals surface area contributed by atoms with Gasteiger partial charge in [0.1, 0.15) is 5.69 Å². The molecular formula is C14H12F3N3O3S. The summed E-state index contributed by atoms with van der Waals surface area (Å²) >= 11 is 0.619. The molecule has 1 heterocycles. The Hall–Kier alpha value is -2.36. The summed E-state index contributed by atoms with van der Waals surface area (Å²) in [6.07, 6.45) is -4.47. The van der Waals surface area contributed by atoms with E-state index in [0.717, 1.165) is 24.3 Å². The van der Waals surface area contributed by atoms with E-state index >= 15 is 0 Å². The molecule has 0 N–H and O–H groups in total. The molecule has 10 heteroatoms. The van der Waals surface area contributed by atoms with Crippen molar-refractivity contribution in [1.29, 1.82) is 0 Å². The molecule has 0 saturated carbocycles. The van der Waals surface area contributed by atoms with Gasteiger partial charge in [0.25, 0.3) is 0 Å². The molecule has 0 aliphatic rings. The van der Waals surface area contributed by atoms with Crippen molar-refractivity contribution >= 4 is 22.6 Å². The van der Waals surface area contributed by atoms with Crippen LogP contribution in [-0.4, -0.2) is 19.8 Å². The van der Waals surface area contributed by atoms with Gasteiger partial charge in [-0.25, -0.2) is 0 Å². The fourth-order valence-electron chi connectivity index (χ4n) is 2.09. The molecular weight excluding hydrogens is 347 g/mol. The second-order valence-corrected chi connectivity index (χ2v) is 5.81. The number of carbonyl (C=O) groups excluding carboxylic acids is 1. The number of aryl methyl sites for hydroxylation is 2. The lowest BCUT2D eigenvalue weighted by Gasteiger charge is -2.07. The highest BCUT2D eigenvalue weighted by Gasteiger charge is 2.32. The van der Waals surface area contributed by atoms with Crippen LogP contribution in [0.3, 0.4) is 0 Å². The number of hydrogen-bond donors (Lipinski definition) is 0. The van der Waals surface area contributed by atoms with Crippen molar-refractivity contribution < 1.29 is 22.9 Å². The Morgan fingerprint density at radius 2 is 1.92 bits per heavy atom. The van der Waals surface area contributed by atoms with Gasteiger partial charge in [-0.3, -0.25) is 19.6 Å². The van der Waals surface area contributed by atoms with Gasteiger partial charge < -0.3 is 0 Å². The van der Waals surface area contributed by atoms with Crippen molar-refractivity contribution in [1.82, 2.24) is 9.78 Å². The van der Waals surface area contributed by atoms with E-state index < -0.39 is 21.8 Å². The number of aromatic nitrogens is 2. The highest BCUT2D eigenvalue weighted by Crippen LogP contribution is 2.33. The minimum atomic E-state index is -4.47. The molecule has 0 unspecified atom stereocenters. The van der Waals surface area contributed by atoms with Gasteiger partial charge in [-0.1, -0.05) is 0 Å². The number of halogens is 3. The first-order chi connectivity index (χ1) is 11.1. The van der Waals surface area contributed by atoms with Crippen LogP contribution in [0.1, 0.15) is 28.7 Å². The molecule has 128 valence electrons. The maximum atomic E-state index is 12.5. The molecule has 0 aliphatic carbocycles. The van der Waals surface area contributed by atoms with Crippen LogP contribution in [0.5, 0.6) is 0 Å². The predicted molar refractivity (Wildman–Crippen MR) is 80.9 cm³/mol. The zero-order valence-electron chi connectivity index (χ0n) is 12.6. The number of thioether (sulfide) groups is 1. The zero-order chi connectivity index (χ0) is 18.1. The van der Waals surface area contributed by atoms with Crippen molar-refractivity contribution in [2.24, 2.45) is 0 Å². The van der Waals surface area contributed by atoms with Gasteiger partial charge in [-0.2, -0.15) is 18.3 Å². The number of nitrogens with zero attached hydrogens (tertiary/aromatic N) is 3. The molecule has 6 nitrogen and oxygen atoms in total. The second kappa shape index (κ2) is 6.63. The fourth-order valence-corrected chi connectivity index (χ4v) is 2.87. The van der Waals surface area contributed by atoms with E-state index in [1.54, 1.807) is 6.92 Å². The third-order valence-electron chi connectivity index (χ3n) is 3.16. The van der Waals surface area contributed by atoms with Gasteiger partial charge in [0.05, 0.1) is 10.5 Å². The lowest BCUT2D eigenvalue weighted by atomic mass is 10.2. The molecule has 1 aromatic heterocycles. The molecule has 24 heavy (non-hydrogen) atoms. The predicted octanol–water partition coefficient (Wildman–Crippen LogP) is 4.07. The molecule has 2 aromatic rings. The molecule has 0 fully saturated rings. The number of alkyl halides is 3. The minimum Gasteiger partial charge on any atom is -0.279 e. The maximum absolute atomic E-state index is 12.5. The van der Waals surface area contributed by atoms with E-state index in [9.17, 15) is 28.1 Å². The first-order valence-corrected chi connectivity index (χ1v) is 7.58. The summed E-state index contributed by atoms with van der Waals surface area (Å²) in [5, 5.41) is 14.5. The summed E-state index contributed by atoms with van der Waals surface area (Å²) < 4.78 is 38.8. The van der Waals surface area contributed by atoms with E-state index in [1.165, 1.54) is 11.6 Å². The highest BCUT2D eigenvalue weighted by molar-refractivity contribution is 8.14. The number of rotatable bonds is 4. The SMILES string of the molecule is CCn1nc(C)c([N+](=O)[O-])c1C(=O)Sc1ccc(C(F)(F)F)cc1. The molecule has 0 spiro atoms. The van der Waals surface area contributed by atoms with Crippen LogP contribution in [0.2, 0.25) is 0 Å².